The van der Waals surface area contributed by atoms with Gasteiger partial charge < -0.3 is 5.11 Å². The lowest BCUT2D eigenvalue weighted by Gasteiger charge is -1.99. The van der Waals surface area contributed by atoms with Crippen molar-refractivity contribution in [3.05, 3.63) is 57.3 Å². The van der Waals surface area contributed by atoms with Crippen molar-refractivity contribution in [2.75, 3.05) is 0 Å². The predicted octanol–water partition coefficient (Wildman–Crippen LogP) is 4.79. The molecule has 1 aromatic carbocycles. The van der Waals surface area contributed by atoms with Gasteiger partial charge in [0.15, 0.2) is 0 Å². The molecule has 5 heteroatoms. The van der Waals surface area contributed by atoms with E-state index in [1.165, 1.54) is 9.77 Å². The third-order valence-corrected chi connectivity index (χ3v) is 4.81. The summed E-state index contributed by atoms with van der Waals surface area (Å²) in [4.78, 5) is 13.8. The van der Waals surface area contributed by atoms with Crippen LogP contribution in [-0.4, -0.2) is 11.1 Å². The van der Waals surface area contributed by atoms with Crippen molar-refractivity contribution in [2.45, 2.75) is 10.6 Å². The zero-order valence-corrected chi connectivity index (χ0v) is 12.3. The topological polar surface area (TPSA) is 37.3 Å². The standard InChI is InChI=1S/C14H11ClO2S2/c15-10-1-3-11(4-2-10)18-9-13-6-5-12(19-13)7-8-14(16)17/h1-8H,9H2,(H,16,17). The fourth-order valence-electron chi connectivity index (χ4n) is 1.40. The summed E-state index contributed by atoms with van der Waals surface area (Å²) >= 11 is 9.16. The van der Waals surface area contributed by atoms with Gasteiger partial charge in [-0.3, -0.25) is 0 Å². The Morgan fingerprint density at radius 3 is 2.68 bits per heavy atom. The fraction of sp³-hybridized carbons (Fsp3) is 0.0714. The van der Waals surface area contributed by atoms with E-state index < -0.39 is 5.97 Å². The molecule has 1 N–H and O–H groups in total. The van der Waals surface area contributed by atoms with E-state index in [2.05, 4.69) is 0 Å². The number of aliphatic carboxylic acids is 1. The van der Waals surface area contributed by atoms with Gasteiger partial charge in [-0.1, -0.05) is 11.6 Å². The van der Waals surface area contributed by atoms with Crippen LogP contribution in [0.2, 0.25) is 5.02 Å². The van der Waals surface area contributed by atoms with Gasteiger partial charge in [0, 0.05) is 31.5 Å². The Bertz CT molecular complexity index is 588. The average Bonchev–Trinajstić information content (AvgIpc) is 2.84. The Hall–Kier alpha value is -1.23. The summed E-state index contributed by atoms with van der Waals surface area (Å²) in [5.74, 6) is -0.0572. The number of halogens is 1. The van der Waals surface area contributed by atoms with E-state index in [0.29, 0.717) is 0 Å². The minimum atomic E-state index is -0.925. The molecule has 98 valence electrons. The molecule has 2 aromatic rings. The summed E-state index contributed by atoms with van der Waals surface area (Å²) in [5, 5.41) is 9.30. The molecule has 0 spiro atoms. The summed E-state index contributed by atoms with van der Waals surface area (Å²) in [6.07, 6.45) is 2.77. The van der Waals surface area contributed by atoms with Crippen molar-refractivity contribution in [3.63, 3.8) is 0 Å². The highest BCUT2D eigenvalue weighted by Crippen LogP contribution is 2.28. The number of carboxylic acid groups (broad SMARTS) is 1. The molecule has 0 amide bonds. The number of carbonyl (C=O) groups is 1. The van der Waals surface area contributed by atoms with Gasteiger partial charge in [-0.25, -0.2) is 4.79 Å². The molecule has 0 atom stereocenters. The van der Waals surface area contributed by atoms with Crippen molar-refractivity contribution < 1.29 is 9.90 Å². The maximum atomic E-state index is 10.4. The summed E-state index contributed by atoms with van der Waals surface area (Å²) in [7, 11) is 0. The van der Waals surface area contributed by atoms with E-state index in [0.717, 1.165) is 21.7 Å². The van der Waals surface area contributed by atoms with Crippen LogP contribution in [0.4, 0.5) is 0 Å². The van der Waals surface area contributed by atoms with Gasteiger partial charge in [-0.15, -0.1) is 23.1 Å². The van der Waals surface area contributed by atoms with Crippen LogP contribution in [0.15, 0.2) is 47.4 Å². The van der Waals surface area contributed by atoms with E-state index in [9.17, 15) is 4.79 Å². The van der Waals surface area contributed by atoms with Crippen molar-refractivity contribution in [2.24, 2.45) is 0 Å². The number of thiophene rings is 1. The Balaban J connectivity index is 1.93. The maximum absolute atomic E-state index is 10.4. The van der Waals surface area contributed by atoms with E-state index in [1.54, 1.807) is 29.2 Å². The Morgan fingerprint density at radius 1 is 1.26 bits per heavy atom. The molecule has 0 aliphatic carbocycles. The zero-order valence-electron chi connectivity index (χ0n) is 9.88. The lowest BCUT2D eigenvalue weighted by atomic mass is 10.4. The van der Waals surface area contributed by atoms with Crippen LogP contribution in [0.1, 0.15) is 9.75 Å². The number of thioether (sulfide) groups is 1. The first-order valence-corrected chi connectivity index (χ1v) is 7.69. The monoisotopic (exact) mass is 310 g/mol. The van der Waals surface area contributed by atoms with Crippen LogP contribution in [0.3, 0.4) is 0 Å². The molecule has 0 aliphatic rings. The minimum Gasteiger partial charge on any atom is -0.478 e. The molecular weight excluding hydrogens is 300 g/mol. The van der Waals surface area contributed by atoms with Crippen LogP contribution in [0, 0.1) is 0 Å². The van der Waals surface area contributed by atoms with Crippen LogP contribution in [0.5, 0.6) is 0 Å². The van der Waals surface area contributed by atoms with Gasteiger partial charge >= 0.3 is 5.97 Å². The molecule has 0 saturated carbocycles. The molecule has 1 heterocycles. The molecule has 2 rings (SSSR count). The summed E-state index contributed by atoms with van der Waals surface area (Å²) < 4.78 is 0. The van der Waals surface area contributed by atoms with Crippen LogP contribution in [-0.2, 0) is 10.5 Å². The summed E-state index contributed by atoms with van der Waals surface area (Å²) in [6, 6.07) is 11.7. The first-order chi connectivity index (χ1) is 9.13. The van der Waals surface area contributed by atoms with Gasteiger partial charge in [0.2, 0.25) is 0 Å². The van der Waals surface area contributed by atoms with E-state index in [4.69, 9.17) is 16.7 Å². The number of rotatable bonds is 5. The van der Waals surface area contributed by atoms with Gasteiger partial charge in [0.25, 0.3) is 0 Å². The molecule has 19 heavy (non-hydrogen) atoms. The third-order valence-electron chi connectivity index (χ3n) is 2.27. The molecule has 0 fully saturated rings. The van der Waals surface area contributed by atoms with Crippen molar-refractivity contribution in [1.29, 1.82) is 0 Å². The van der Waals surface area contributed by atoms with Gasteiger partial charge in [0.1, 0.15) is 0 Å². The molecule has 0 aliphatic heterocycles. The highest BCUT2D eigenvalue weighted by molar-refractivity contribution is 7.98. The van der Waals surface area contributed by atoms with E-state index >= 15 is 0 Å². The van der Waals surface area contributed by atoms with Gasteiger partial charge in [-0.2, -0.15) is 0 Å². The van der Waals surface area contributed by atoms with Gasteiger partial charge in [0.05, 0.1) is 0 Å². The second-order valence-electron chi connectivity index (χ2n) is 3.72. The third kappa shape index (κ3) is 4.74. The second kappa shape index (κ2) is 6.80. The Labute approximate surface area is 124 Å². The van der Waals surface area contributed by atoms with Crippen LogP contribution >= 0.6 is 34.7 Å². The number of carboxylic acids is 1. The first kappa shape index (κ1) is 14.2. The molecule has 2 nitrogen and oxygen atoms in total. The molecule has 1 aromatic heterocycles. The molecular formula is C14H11ClO2S2. The smallest absolute Gasteiger partial charge is 0.328 e. The molecule has 0 bridgehead atoms. The van der Waals surface area contributed by atoms with Crippen molar-refractivity contribution in [3.8, 4) is 0 Å². The summed E-state index contributed by atoms with van der Waals surface area (Å²) in [5.41, 5.74) is 0. The lowest BCUT2D eigenvalue weighted by Crippen LogP contribution is -1.84. The maximum Gasteiger partial charge on any atom is 0.328 e. The largest absolute Gasteiger partial charge is 0.478 e. The molecule has 0 saturated heterocycles. The van der Waals surface area contributed by atoms with Crippen LogP contribution in [0.25, 0.3) is 6.08 Å². The van der Waals surface area contributed by atoms with E-state index in [1.807, 2.05) is 36.4 Å². The predicted molar refractivity (Wildman–Crippen MR) is 82.0 cm³/mol. The fourth-order valence-corrected chi connectivity index (χ4v) is 3.38. The zero-order chi connectivity index (χ0) is 13.7. The summed E-state index contributed by atoms with van der Waals surface area (Å²) in [6.45, 7) is 0. The van der Waals surface area contributed by atoms with Crippen molar-refractivity contribution >= 4 is 46.7 Å². The normalized spacial score (nSPS) is 11.0. The first-order valence-electron chi connectivity index (χ1n) is 5.51. The molecule has 0 unspecified atom stereocenters. The van der Waals surface area contributed by atoms with Crippen molar-refractivity contribution in [1.82, 2.24) is 0 Å². The molecule has 0 radical (unpaired) electrons. The SMILES string of the molecule is O=C(O)C=Cc1ccc(CSc2ccc(Cl)cc2)s1. The second-order valence-corrected chi connectivity index (χ2v) is 6.40. The quantitative estimate of drug-likeness (QED) is 0.637. The Morgan fingerprint density at radius 2 is 2.00 bits per heavy atom. The number of hydrogen-bond acceptors (Lipinski definition) is 3. The minimum absolute atomic E-state index is 0.738. The lowest BCUT2D eigenvalue weighted by molar-refractivity contribution is -0.131. The van der Waals surface area contributed by atoms with E-state index in [-0.39, 0.29) is 0 Å². The van der Waals surface area contributed by atoms with Gasteiger partial charge in [-0.05, 0) is 42.5 Å². The number of benzene rings is 1. The highest BCUT2D eigenvalue weighted by atomic mass is 35.5. The highest BCUT2D eigenvalue weighted by Gasteiger charge is 2.00. The average molecular weight is 311 g/mol. The van der Waals surface area contributed by atoms with Crippen LogP contribution < -0.4 is 0 Å². The Kier molecular flexibility index (Phi) is 5.07. The number of hydrogen-bond donors (Lipinski definition) is 1.